The van der Waals surface area contributed by atoms with Gasteiger partial charge in [0.2, 0.25) is 11.7 Å². The molecule has 1 heterocycles. The maximum absolute atomic E-state index is 12.9. The lowest BCUT2D eigenvalue weighted by molar-refractivity contribution is -0.120. The summed E-state index contributed by atoms with van der Waals surface area (Å²) >= 11 is 0. The van der Waals surface area contributed by atoms with Gasteiger partial charge in [-0.05, 0) is 73.0 Å². The van der Waals surface area contributed by atoms with Crippen molar-refractivity contribution in [2.45, 2.75) is 26.7 Å². The van der Waals surface area contributed by atoms with Gasteiger partial charge in [-0.15, -0.1) is 10.2 Å². The maximum atomic E-state index is 12.9. The number of carbonyl (C=O) groups is 3. The fraction of sp³-hybridized carbons (Fsp3) is 0.281. The maximum Gasteiger partial charge on any atom is 0.407 e. The van der Waals surface area contributed by atoms with Crippen LogP contribution in [0.25, 0.3) is 17.1 Å². The average Bonchev–Trinajstić information content (AvgIpc) is 3.45. The molecule has 0 fully saturated rings. The first-order valence-corrected chi connectivity index (χ1v) is 14.5. The number of aromatic hydroxyl groups is 2. The van der Waals surface area contributed by atoms with E-state index in [1.807, 2.05) is 13.8 Å². The van der Waals surface area contributed by atoms with E-state index >= 15 is 0 Å². The lowest BCUT2D eigenvalue weighted by Crippen LogP contribution is -2.29. The molecule has 14 heteroatoms. The van der Waals surface area contributed by atoms with E-state index in [-0.39, 0.29) is 54.7 Å². The first kappa shape index (κ1) is 33.3. The number of carboxylic acid groups (broad SMARTS) is 1. The lowest BCUT2D eigenvalue weighted by atomic mass is 9.98. The zero-order valence-electron chi connectivity index (χ0n) is 25.9. The van der Waals surface area contributed by atoms with Gasteiger partial charge in [-0.1, -0.05) is 13.8 Å². The molecule has 0 aliphatic rings. The summed E-state index contributed by atoms with van der Waals surface area (Å²) in [6, 6.07) is 16.4. The van der Waals surface area contributed by atoms with E-state index in [1.165, 1.54) is 17.7 Å². The third-order valence-corrected chi connectivity index (χ3v) is 6.81. The van der Waals surface area contributed by atoms with Crippen molar-refractivity contribution in [1.29, 1.82) is 0 Å². The zero-order chi connectivity index (χ0) is 33.4. The van der Waals surface area contributed by atoms with Crippen LogP contribution in [0.3, 0.4) is 0 Å². The van der Waals surface area contributed by atoms with Gasteiger partial charge in [0, 0.05) is 37.6 Å². The highest BCUT2D eigenvalue weighted by Gasteiger charge is 2.24. The number of aromatic nitrogens is 3. The Morgan fingerprint density at radius 3 is 2.22 bits per heavy atom. The summed E-state index contributed by atoms with van der Waals surface area (Å²) in [6.07, 6.45) is -1.08. The number of nitrogens with one attached hydrogen (secondary N) is 2. The molecule has 4 rings (SSSR count). The predicted octanol–water partition coefficient (Wildman–Crippen LogP) is 4.58. The molecule has 0 saturated carbocycles. The first-order chi connectivity index (χ1) is 22.0. The molecule has 0 atom stereocenters. The van der Waals surface area contributed by atoms with E-state index in [4.69, 9.17) is 14.6 Å². The Labute approximate surface area is 265 Å². The van der Waals surface area contributed by atoms with Crippen molar-refractivity contribution < 1.29 is 39.2 Å². The van der Waals surface area contributed by atoms with E-state index in [9.17, 15) is 24.6 Å². The van der Waals surface area contributed by atoms with Crippen LogP contribution in [-0.4, -0.2) is 86.2 Å². The number of hydrogen-bond acceptors (Lipinski definition) is 9. The van der Waals surface area contributed by atoms with Gasteiger partial charge in [0.05, 0.1) is 12.2 Å². The second-order valence-electron chi connectivity index (χ2n) is 10.6. The molecule has 3 amide bonds. The molecule has 0 aliphatic carbocycles. The minimum absolute atomic E-state index is 0.0136. The summed E-state index contributed by atoms with van der Waals surface area (Å²) in [7, 11) is 1.41. The SMILES string of the molecule is CCNC(=O)c1nnc(-c2cc(C(C)C)c(O)cc2O)n1-c1ccc(Oc2ccc(NC(=O)COCCN(C)C(=O)O)cc2)cc1. The van der Waals surface area contributed by atoms with E-state index in [2.05, 4.69) is 20.8 Å². The van der Waals surface area contributed by atoms with Crippen molar-refractivity contribution in [2.75, 3.05) is 38.7 Å². The first-order valence-electron chi connectivity index (χ1n) is 14.5. The highest BCUT2D eigenvalue weighted by Crippen LogP contribution is 2.38. The Kier molecular flexibility index (Phi) is 10.8. The van der Waals surface area contributed by atoms with Gasteiger partial charge in [0.25, 0.3) is 5.91 Å². The highest BCUT2D eigenvalue weighted by molar-refractivity contribution is 5.92. The van der Waals surface area contributed by atoms with Crippen LogP contribution in [0.5, 0.6) is 23.0 Å². The number of anilines is 1. The van der Waals surface area contributed by atoms with Crippen molar-refractivity contribution in [1.82, 2.24) is 25.0 Å². The van der Waals surface area contributed by atoms with Crippen LogP contribution in [-0.2, 0) is 9.53 Å². The molecule has 0 radical (unpaired) electrons. The Bertz CT molecular complexity index is 1690. The molecule has 0 unspecified atom stereocenters. The van der Waals surface area contributed by atoms with Crippen LogP contribution < -0.4 is 15.4 Å². The number of carbonyl (C=O) groups excluding carboxylic acids is 2. The summed E-state index contributed by atoms with van der Waals surface area (Å²) in [5.74, 6) is 0.0792. The molecule has 14 nitrogen and oxygen atoms in total. The number of rotatable bonds is 13. The molecule has 0 aliphatic heterocycles. The summed E-state index contributed by atoms with van der Waals surface area (Å²) in [4.78, 5) is 36.9. The molecule has 3 aromatic carbocycles. The molecule has 0 spiro atoms. The van der Waals surface area contributed by atoms with E-state index in [1.54, 1.807) is 61.5 Å². The minimum atomic E-state index is -1.08. The topological polar surface area (TPSA) is 188 Å². The number of hydrogen-bond donors (Lipinski definition) is 5. The summed E-state index contributed by atoms with van der Waals surface area (Å²) in [5.41, 5.74) is 1.96. The van der Waals surface area contributed by atoms with Gasteiger partial charge in [-0.25, -0.2) is 4.79 Å². The number of likely N-dealkylation sites (N-methyl/N-ethyl adjacent to an activating group) is 1. The fourth-order valence-corrected chi connectivity index (χ4v) is 4.39. The lowest BCUT2D eigenvalue weighted by Gasteiger charge is -2.15. The average molecular weight is 633 g/mol. The number of amides is 3. The summed E-state index contributed by atoms with van der Waals surface area (Å²) in [6.45, 7) is 5.99. The van der Waals surface area contributed by atoms with Crippen molar-refractivity contribution >= 4 is 23.6 Å². The van der Waals surface area contributed by atoms with Crippen LogP contribution in [0.4, 0.5) is 10.5 Å². The van der Waals surface area contributed by atoms with Crippen molar-refractivity contribution in [2.24, 2.45) is 0 Å². The van der Waals surface area contributed by atoms with Gasteiger partial charge in [-0.3, -0.25) is 14.2 Å². The van der Waals surface area contributed by atoms with E-state index in [0.29, 0.717) is 40.5 Å². The van der Waals surface area contributed by atoms with Gasteiger partial charge in [0.1, 0.15) is 29.6 Å². The third kappa shape index (κ3) is 8.09. The number of nitrogens with zero attached hydrogens (tertiary/aromatic N) is 4. The highest BCUT2D eigenvalue weighted by atomic mass is 16.5. The Morgan fingerprint density at radius 1 is 0.957 bits per heavy atom. The van der Waals surface area contributed by atoms with Gasteiger partial charge in [-0.2, -0.15) is 0 Å². The Balaban J connectivity index is 1.48. The quantitative estimate of drug-likeness (QED) is 0.131. The zero-order valence-corrected chi connectivity index (χ0v) is 25.9. The second-order valence-corrected chi connectivity index (χ2v) is 10.6. The molecule has 0 bridgehead atoms. The minimum Gasteiger partial charge on any atom is -0.508 e. The van der Waals surface area contributed by atoms with Gasteiger partial charge >= 0.3 is 6.09 Å². The monoisotopic (exact) mass is 632 g/mol. The van der Waals surface area contributed by atoms with Crippen molar-refractivity contribution in [3.8, 4) is 40.1 Å². The van der Waals surface area contributed by atoms with Crippen LogP contribution in [0.15, 0.2) is 60.7 Å². The largest absolute Gasteiger partial charge is 0.508 e. The molecular formula is C32H36N6O8. The summed E-state index contributed by atoms with van der Waals surface area (Å²) < 4.78 is 12.7. The molecule has 4 aromatic rings. The smallest absolute Gasteiger partial charge is 0.407 e. The number of ether oxygens (including phenoxy) is 2. The molecule has 0 saturated heterocycles. The van der Waals surface area contributed by atoms with Crippen molar-refractivity contribution in [3.63, 3.8) is 0 Å². The standard InChI is InChI=1S/C32H36N6O8/c1-5-33-31(42)30-36-35-29(25-16-24(19(2)3)26(39)17-27(25)40)38(30)21-8-12-23(13-9-21)46-22-10-6-20(7-11-22)34-28(41)18-45-15-14-37(4)32(43)44/h6-13,16-17,19,39-40H,5,14-15,18H2,1-4H3,(H,33,42)(H,34,41)(H,43,44). The third-order valence-electron chi connectivity index (χ3n) is 6.81. The van der Waals surface area contributed by atoms with Crippen LogP contribution in [0.1, 0.15) is 42.9 Å². The van der Waals surface area contributed by atoms with Crippen molar-refractivity contribution in [3.05, 3.63) is 72.1 Å². The van der Waals surface area contributed by atoms with Gasteiger partial charge in [0.15, 0.2) is 5.82 Å². The number of benzene rings is 3. The number of phenols is 2. The Morgan fingerprint density at radius 2 is 1.61 bits per heavy atom. The summed E-state index contributed by atoms with van der Waals surface area (Å²) in [5, 5.41) is 43.7. The van der Waals surface area contributed by atoms with Crippen LogP contribution >= 0.6 is 0 Å². The molecular weight excluding hydrogens is 596 g/mol. The molecule has 46 heavy (non-hydrogen) atoms. The fourth-order valence-electron chi connectivity index (χ4n) is 4.39. The van der Waals surface area contributed by atoms with E-state index < -0.39 is 12.0 Å². The molecule has 1 aromatic heterocycles. The normalized spacial score (nSPS) is 10.9. The molecule has 5 N–H and O–H groups in total. The Hall–Kier alpha value is -5.63. The second kappa shape index (κ2) is 14.9. The molecule has 242 valence electrons. The predicted molar refractivity (Wildman–Crippen MR) is 169 cm³/mol. The van der Waals surface area contributed by atoms with E-state index in [0.717, 1.165) is 4.90 Å². The van der Waals surface area contributed by atoms with Gasteiger partial charge < -0.3 is 40.3 Å². The number of phenolic OH excluding ortho intramolecular Hbond substituents is 2. The van der Waals surface area contributed by atoms with Crippen LogP contribution in [0.2, 0.25) is 0 Å². The van der Waals surface area contributed by atoms with Crippen LogP contribution in [0, 0.1) is 0 Å².